The van der Waals surface area contributed by atoms with Gasteiger partial charge in [-0.05, 0) is 37.4 Å². The number of ether oxygens (including phenoxy) is 1. The first kappa shape index (κ1) is 17.0. The molecule has 2 heterocycles. The first-order valence-electron chi connectivity index (χ1n) is 8.37. The number of piperidine rings is 1. The molecule has 3 rings (SSSR count). The number of methoxy groups -OCH3 is 1. The van der Waals surface area contributed by atoms with Crippen molar-refractivity contribution in [2.75, 3.05) is 25.9 Å². The van der Waals surface area contributed by atoms with E-state index in [0.29, 0.717) is 10.6 Å². The lowest BCUT2D eigenvalue weighted by Crippen LogP contribution is -2.32. The second-order valence-corrected chi connectivity index (χ2v) is 7.59. The second-order valence-electron chi connectivity index (χ2n) is 6.46. The molecular weight excluding hydrogens is 320 g/mol. The second kappa shape index (κ2) is 7.36. The number of nitrogen functional groups attached to an aromatic ring is 1. The fourth-order valence-electron chi connectivity index (χ4n) is 3.25. The molecule has 1 aromatic heterocycles. The van der Waals surface area contributed by atoms with Gasteiger partial charge < -0.3 is 10.5 Å². The lowest BCUT2D eigenvalue weighted by molar-refractivity contribution is 0.0603. The third-order valence-corrected chi connectivity index (χ3v) is 5.71. The predicted molar refractivity (Wildman–Crippen MR) is 99.2 cm³/mol. The lowest BCUT2D eigenvalue weighted by atomic mass is 9.98. The van der Waals surface area contributed by atoms with Gasteiger partial charge in [0.05, 0.1) is 7.11 Å². The van der Waals surface area contributed by atoms with Crippen molar-refractivity contribution in [3.8, 4) is 11.1 Å². The molecule has 1 fully saturated rings. The van der Waals surface area contributed by atoms with Crippen molar-refractivity contribution >= 4 is 22.3 Å². The van der Waals surface area contributed by atoms with Gasteiger partial charge in [0, 0.05) is 17.0 Å². The number of thiophene rings is 1. The zero-order chi connectivity index (χ0) is 17.1. The van der Waals surface area contributed by atoms with Crippen molar-refractivity contribution in [1.29, 1.82) is 0 Å². The van der Waals surface area contributed by atoms with Crippen molar-refractivity contribution in [3.05, 3.63) is 40.8 Å². The summed E-state index contributed by atoms with van der Waals surface area (Å²) in [6, 6.07) is 9.99. The Kier molecular flexibility index (Phi) is 5.21. The molecule has 0 saturated carbocycles. The maximum absolute atomic E-state index is 12.3. The van der Waals surface area contributed by atoms with Gasteiger partial charge in [-0.3, -0.25) is 4.90 Å². The van der Waals surface area contributed by atoms with Crippen molar-refractivity contribution < 1.29 is 9.53 Å². The van der Waals surface area contributed by atoms with E-state index in [9.17, 15) is 4.79 Å². The molecule has 1 saturated heterocycles. The number of carbonyl (C=O) groups is 1. The molecule has 2 N–H and O–H groups in total. The minimum Gasteiger partial charge on any atom is -0.465 e. The molecule has 0 amide bonds. The summed E-state index contributed by atoms with van der Waals surface area (Å²) in [4.78, 5) is 15.9. The Balaban J connectivity index is 1.98. The summed E-state index contributed by atoms with van der Waals surface area (Å²) >= 11 is 1.51. The van der Waals surface area contributed by atoms with Crippen LogP contribution in [0.4, 0.5) is 5.00 Å². The first-order chi connectivity index (χ1) is 11.6. The largest absolute Gasteiger partial charge is 0.465 e. The fraction of sp³-hybridized carbons (Fsp3) is 0.421. The molecule has 0 atom stereocenters. The number of hydrogen-bond acceptors (Lipinski definition) is 5. The molecule has 4 nitrogen and oxygen atoms in total. The Morgan fingerprint density at radius 3 is 2.58 bits per heavy atom. The first-order valence-corrected chi connectivity index (χ1v) is 9.19. The zero-order valence-corrected chi connectivity index (χ0v) is 15.1. The summed E-state index contributed by atoms with van der Waals surface area (Å²) in [6.07, 6.45) is 2.46. The van der Waals surface area contributed by atoms with Gasteiger partial charge in [0.1, 0.15) is 10.6 Å². The summed E-state index contributed by atoms with van der Waals surface area (Å²) in [5, 5.41) is 0.543. The summed E-state index contributed by atoms with van der Waals surface area (Å²) in [5.41, 5.74) is 8.64. The van der Waals surface area contributed by atoms with Crippen LogP contribution in [0.15, 0.2) is 30.3 Å². The summed E-state index contributed by atoms with van der Waals surface area (Å²) in [6.45, 7) is 5.34. The van der Waals surface area contributed by atoms with Crippen LogP contribution in [-0.4, -0.2) is 31.1 Å². The highest BCUT2D eigenvalue weighted by Gasteiger charge is 2.26. The number of esters is 1. The van der Waals surface area contributed by atoms with E-state index in [0.717, 1.165) is 41.6 Å². The van der Waals surface area contributed by atoms with Crippen LogP contribution in [0.1, 0.15) is 35.0 Å². The van der Waals surface area contributed by atoms with E-state index in [1.165, 1.54) is 31.3 Å². The summed E-state index contributed by atoms with van der Waals surface area (Å²) < 4.78 is 4.97. The normalized spacial score (nSPS) is 16.2. The van der Waals surface area contributed by atoms with Gasteiger partial charge in [-0.15, -0.1) is 11.3 Å². The minimum atomic E-state index is -0.360. The number of nitrogens with zero attached hydrogens (tertiary/aromatic N) is 1. The molecule has 2 aromatic rings. The lowest BCUT2D eigenvalue weighted by Gasteiger charge is -2.30. The summed E-state index contributed by atoms with van der Waals surface area (Å²) in [5.74, 6) is 0.440. The zero-order valence-electron chi connectivity index (χ0n) is 14.2. The third kappa shape index (κ3) is 3.47. The highest BCUT2D eigenvalue weighted by molar-refractivity contribution is 7.17. The van der Waals surface area contributed by atoms with E-state index >= 15 is 0 Å². The van der Waals surface area contributed by atoms with Gasteiger partial charge in [0.15, 0.2) is 0 Å². The van der Waals surface area contributed by atoms with E-state index in [1.807, 2.05) is 30.3 Å². The van der Waals surface area contributed by atoms with Crippen LogP contribution < -0.4 is 5.73 Å². The average Bonchev–Trinajstić information content (AvgIpc) is 2.93. The van der Waals surface area contributed by atoms with Crippen LogP contribution in [-0.2, 0) is 11.3 Å². The minimum absolute atomic E-state index is 0.360. The number of anilines is 1. The molecular formula is C19H24N2O2S. The van der Waals surface area contributed by atoms with Gasteiger partial charge in [-0.1, -0.05) is 37.3 Å². The number of benzene rings is 1. The smallest absolute Gasteiger partial charge is 0.341 e. The van der Waals surface area contributed by atoms with E-state index < -0.39 is 0 Å². The SMILES string of the molecule is COC(=O)c1c(N)sc(CN2CCC(C)CC2)c1-c1ccccc1. The predicted octanol–water partition coefficient (Wildman–Crippen LogP) is 4.02. The molecule has 0 bridgehead atoms. The Morgan fingerprint density at radius 2 is 1.96 bits per heavy atom. The molecule has 1 aromatic carbocycles. The molecule has 0 spiro atoms. The van der Waals surface area contributed by atoms with Crippen LogP contribution in [0.25, 0.3) is 11.1 Å². The van der Waals surface area contributed by atoms with Gasteiger partial charge in [0.25, 0.3) is 0 Å². The summed E-state index contributed by atoms with van der Waals surface area (Å²) in [7, 11) is 1.40. The Hall–Kier alpha value is -1.85. The quantitative estimate of drug-likeness (QED) is 0.851. The molecule has 1 aliphatic heterocycles. The molecule has 1 aliphatic rings. The highest BCUT2D eigenvalue weighted by Crippen LogP contribution is 2.40. The van der Waals surface area contributed by atoms with Crippen LogP contribution in [0.3, 0.4) is 0 Å². The number of hydrogen-bond donors (Lipinski definition) is 1. The maximum atomic E-state index is 12.3. The van der Waals surface area contributed by atoms with Crippen molar-refractivity contribution in [1.82, 2.24) is 4.90 Å². The average molecular weight is 344 g/mol. The molecule has 5 heteroatoms. The third-order valence-electron chi connectivity index (χ3n) is 4.70. The van der Waals surface area contributed by atoms with Crippen LogP contribution >= 0.6 is 11.3 Å². The van der Waals surface area contributed by atoms with Gasteiger partial charge in [-0.25, -0.2) is 4.79 Å². The van der Waals surface area contributed by atoms with E-state index in [2.05, 4.69) is 11.8 Å². The molecule has 0 radical (unpaired) electrons. The molecule has 24 heavy (non-hydrogen) atoms. The maximum Gasteiger partial charge on any atom is 0.341 e. The van der Waals surface area contributed by atoms with Gasteiger partial charge in [-0.2, -0.15) is 0 Å². The van der Waals surface area contributed by atoms with E-state index in [4.69, 9.17) is 10.5 Å². The number of rotatable bonds is 4. The monoisotopic (exact) mass is 344 g/mol. The van der Waals surface area contributed by atoms with Crippen molar-refractivity contribution in [3.63, 3.8) is 0 Å². The van der Waals surface area contributed by atoms with Crippen LogP contribution in [0.2, 0.25) is 0 Å². The number of carbonyl (C=O) groups excluding carboxylic acids is 1. The fourth-order valence-corrected chi connectivity index (χ4v) is 4.37. The number of nitrogens with two attached hydrogens (primary N) is 1. The Morgan fingerprint density at radius 1 is 1.29 bits per heavy atom. The molecule has 0 aliphatic carbocycles. The van der Waals surface area contributed by atoms with Crippen molar-refractivity contribution in [2.24, 2.45) is 5.92 Å². The van der Waals surface area contributed by atoms with Gasteiger partial charge >= 0.3 is 5.97 Å². The van der Waals surface area contributed by atoms with E-state index in [-0.39, 0.29) is 5.97 Å². The van der Waals surface area contributed by atoms with Gasteiger partial charge in [0.2, 0.25) is 0 Å². The van der Waals surface area contributed by atoms with Crippen LogP contribution in [0.5, 0.6) is 0 Å². The highest BCUT2D eigenvalue weighted by atomic mass is 32.1. The Bertz CT molecular complexity index is 704. The standard InChI is InChI=1S/C19H24N2O2S/c1-13-8-10-21(11-9-13)12-15-16(14-6-4-3-5-7-14)17(18(20)24-15)19(22)23-2/h3-7,13H,8-12,20H2,1-2H3. The number of likely N-dealkylation sites (tertiary alicyclic amines) is 1. The van der Waals surface area contributed by atoms with E-state index in [1.54, 1.807) is 0 Å². The van der Waals surface area contributed by atoms with Crippen molar-refractivity contribution in [2.45, 2.75) is 26.3 Å². The van der Waals surface area contributed by atoms with Crippen LogP contribution in [0, 0.1) is 5.92 Å². The topological polar surface area (TPSA) is 55.6 Å². The molecule has 0 unspecified atom stereocenters. The molecule has 128 valence electrons. The Labute approximate surface area is 147 Å².